The first-order chi connectivity index (χ1) is 12.7. The van der Waals surface area contributed by atoms with E-state index in [4.69, 9.17) is 25.8 Å². The van der Waals surface area contributed by atoms with E-state index in [1.165, 1.54) is 0 Å². The highest BCUT2D eigenvalue weighted by atomic mass is 35.5. The van der Waals surface area contributed by atoms with Gasteiger partial charge in [0.15, 0.2) is 11.5 Å². The van der Waals surface area contributed by atoms with Crippen LogP contribution in [0.5, 0.6) is 17.2 Å². The molecule has 0 radical (unpaired) electrons. The fraction of sp³-hybridized carbons (Fsp3) is 0.158. The summed E-state index contributed by atoms with van der Waals surface area (Å²) in [5.41, 5.74) is 5.40. The topological polar surface area (TPSA) is 65.0 Å². The van der Waals surface area contributed by atoms with E-state index in [1.807, 2.05) is 24.3 Å². The molecule has 0 bridgehead atoms. The lowest BCUT2D eigenvalue weighted by Gasteiger charge is -2.12. The zero-order valence-corrected chi connectivity index (χ0v) is 15.4. The fourth-order valence-corrected chi connectivity index (χ4v) is 2.71. The van der Waals surface area contributed by atoms with E-state index in [1.54, 1.807) is 45.9 Å². The number of methoxy groups -OCH3 is 3. The quantitative estimate of drug-likeness (QED) is 0.515. The van der Waals surface area contributed by atoms with Gasteiger partial charge < -0.3 is 14.2 Å². The molecule has 0 spiro atoms. The molecule has 7 heteroatoms. The average molecular weight is 372 g/mol. The zero-order valence-electron chi connectivity index (χ0n) is 14.6. The SMILES string of the molecule is COc1cc(OC)c(OC)cc1/C=N/Nc1ccnc2cc(Cl)ccc12. The van der Waals surface area contributed by atoms with Gasteiger partial charge in [-0.15, -0.1) is 0 Å². The van der Waals surface area contributed by atoms with Gasteiger partial charge in [0, 0.05) is 28.2 Å². The second kappa shape index (κ2) is 7.93. The van der Waals surface area contributed by atoms with E-state index in [2.05, 4.69) is 15.5 Å². The van der Waals surface area contributed by atoms with E-state index in [9.17, 15) is 0 Å². The Morgan fingerprint density at radius 2 is 1.69 bits per heavy atom. The molecule has 0 aliphatic heterocycles. The first-order valence-corrected chi connectivity index (χ1v) is 8.17. The summed E-state index contributed by atoms with van der Waals surface area (Å²) in [5, 5.41) is 5.88. The first-order valence-electron chi connectivity index (χ1n) is 7.79. The van der Waals surface area contributed by atoms with Gasteiger partial charge >= 0.3 is 0 Å². The van der Waals surface area contributed by atoms with Crippen LogP contribution < -0.4 is 19.6 Å². The Balaban J connectivity index is 1.89. The first kappa shape index (κ1) is 17.8. The van der Waals surface area contributed by atoms with Crippen LogP contribution in [0.4, 0.5) is 5.69 Å². The lowest BCUT2D eigenvalue weighted by molar-refractivity contribution is 0.349. The van der Waals surface area contributed by atoms with Crippen LogP contribution >= 0.6 is 11.6 Å². The Labute approximate surface area is 156 Å². The van der Waals surface area contributed by atoms with E-state index < -0.39 is 0 Å². The van der Waals surface area contributed by atoms with Gasteiger partial charge in [-0.25, -0.2) is 0 Å². The predicted molar refractivity (Wildman–Crippen MR) is 104 cm³/mol. The number of hydrogen-bond donors (Lipinski definition) is 1. The average Bonchev–Trinajstić information content (AvgIpc) is 2.67. The third-order valence-corrected chi connectivity index (χ3v) is 4.06. The molecule has 1 N–H and O–H groups in total. The number of anilines is 1. The molecule has 0 saturated carbocycles. The smallest absolute Gasteiger partial charge is 0.164 e. The molecule has 0 amide bonds. The molecule has 1 heterocycles. The van der Waals surface area contributed by atoms with Gasteiger partial charge in [0.05, 0.1) is 38.7 Å². The molecule has 0 aliphatic rings. The van der Waals surface area contributed by atoms with Crippen molar-refractivity contribution < 1.29 is 14.2 Å². The number of hydrogen-bond acceptors (Lipinski definition) is 6. The number of pyridine rings is 1. The standard InChI is InChI=1S/C19H18ClN3O3/c1-24-17-10-19(26-3)18(25-2)8-12(17)11-22-23-15-6-7-21-16-9-13(20)4-5-14(15)16/h4-11H,1-3H3,(H,21,23)/b22-11+. The monoisotopic (exact) mass is 371 g/mol. The molecule has 1 aromatic heterocycles. The molecule has 3 aromatic rings. The van der Waals surface area contributed by atoms with Crippen molar-refractivity contribution in [1.82, 2.24) is 4.98 Å². The van der Waals surface area contributed by atoms with E-state index in [0.29, 0.717) is 22.3 Å². The van der Waals surface area contributed by atoms with Gasteiger partial charge in [0.25, 0.3) is 0 Å². The van der Waals surface area contributed by atoms with Gasteiger partial charge in [-0.3, -0.25) is 10.4 Å². The van der Waals surface area contributed by atoms with Crippen molar-refractivity contribution in [2.45, 2.75) is 0 Å². The van der Waals surface area contributed by atoms with Crippen molar-refractivity contribution in [3.8, 4) is 17.2 Å². The summed E-state index contributed by atoms with van der Waals surface area (Å²) < 4.78 is 16.0. The van der Waals surface area contributed by atoms with Gasteiger partial charge in [0.1, 0.15) is 5.75 Å². The van der Waals surface area contributed by atoms with Crippen molar-refractivity contribution >= 4 is 34.4 Å². The summed E-state index contributed by atoms with van der Waals surface area (Å²) in [6.45, 7) is 0. The Bertz CT molecular complexity index is 960. The second-order valence-corrected chi connectivity index (χ2v) is 5.78. The molecule has 0 aliphatic carbocycles. The molecule has 0 unspecified atom stereocenters. The minimum absolute atomic E-state index is 0.589. The highest BCUT2D eigenvalue weighted by molar-refractivity contribution is 6.31. The maximum Gasteiger partial charge on any atom is 0.164 e. The maximum atomic E-state index is 6.02. The Morgan fingerprint density at radius 3 is 2.42 bits per heavy atom. The van der Waals surface area contributed by atoms with Crippen molar-refractivity contribution in [2.75, 3.05) is 26.8 Å². The van der Waals surface area contributed by atoms with Gasteiger partial charge in [-0.05, 0) is 30.3 Å². The number of halogens is 1. The van der Waals surface area contributed by atoms with Gasteiger partial charge in [-0.2, -0.15) is 5.10 Å². The number of rotatable bonds is 6. The van der Waals surface area contributed by atoms with Crippen LogP contribution in [0.2, 0.25) is 5.02 Å². The Kier molecular flexibility index (Phi) is 5.43. The van der Waals surface area contributed by atoms with E-state index >= 15 is 0 Å². The van der Waals surface area contributed by atoms with Crippen molar-refractivity contribution in [1.29, 1.82) is 0 Å². The predicted octanol–water partition coefficient (Wildman–Crippen LogP) is 4.36. The molecule has 2 aromatic carbocycles. The number of ether oxygens (including phenoxy) is 3. The van der Waals surface area contributed by atoms with Crippen LogP contribution in [-0.2, 0) is 0 Å². The van der Waals surface area contributed by atoms with Crippen LogP contribution in [-0.4, -0.2) is 32.5 Å². The highest BCUT2D eigenvalue weighted by Gasteiger charge is 2.10. The molecule has 26 heavy (non-hydrogen) atoms. The normalized spacial score (nSPS) is 10.9. The molecule has 6 nitrogen and oxygen atoms in total. The highest BCUT2D eigenvalue weighted by Crippen LogP contribution is 2.33. The molecule has 3 rings (SSSR count). The Hall–Kier alpha value is -2.99. The summed E-state index contributed by atoms with van der Waals surface area (Å²) in [4.78, 5) is 4.31. The number of hydrazone groups is 1. The summed E-state index contributed by atoms with van der Waals surface area (Å²) in [7, 11) is 4.75. The van der Waals surface area contributed by atoms with E-state index in [0.717, 1.165) is 22.2 Å². The molecular formula is C19H18ClN3O3. The summed E-state index contributed by atoms with van der Waals surface area (Å²) >= 11 is 6.02. The third kappa shape index (κ3) is 3.65. The van der Waals surface area contributed by atoms with Gasteiger partial charge in [-0.1, -0.05) is 11.6 Å². The maximum absolute atomic E-state index is 6.02. The lowest BCUT2D eigenvalue weighted by atomic mass is 10.2. The molecule has 134 valence electrons. The summed E-state index contributed by atoms with van der Waals surface area (Å²) in [5.74, 6) is 1.81. The van der Waals surface area contributed by atoms with Gasteiger partial charge in [0.2, 0.25) is 0 Å². The summed E-state index contributed by atoms with van der Waals surface area (Å²) in [6.07, 6.45) is 3.36. The minimum Gasteiger partial charge on any atom is -0.496 e. The second-order valence-electron chi connectivity index (χ2n) is 5.34. The van der Waals surface area contributed by atoms with Crippen molar-refractivity contribution in [2.24, 2.45) is 5.10 Å². The largest absolute Gasteiger partial charge is 0.496 e. The van der Waals surface area contributed by atoms with Crippen LogP contribution in [0.1, 0.15) is 5.56 Å². The number of benzene rings is 2. The Morgan fingerprint density at radius 1 is 0.962 bits per heavy atom. The number of aromatic nitrogens is 1. The van der Waals surface area contributed by atoms with Crippen LogP contribution in [0.15, 0.2) is 47.7 Å². The number of nitrogens with zero attached hydrogens (tertiary/aromatic N) is 2. The molecule has 0 fully saturated rings. The zero-order chi connectivity index (χ0) is 18.5. The van der Waals surface area contributed by atoms with Crippen molar-refractivity contribution in [3.63, 3.8) is 0 Å². The van der Waals surface area contributed by atoms with Crippen LogP contribution in [0.3, 0.4) is 0 Å². The number of nitrogens with one attached hydrogen (secondary N) is 1. The molecular weight excluding hydrogens is 354 g/mol. The summed E-state index contributed by atoms with van der Waals surface area (Å²) in [6, 6.07) is 10.9. The molecule has 0 atom stereocenters. The fourth-order valence-electron chi connectivity index (χ4n) is 2.54. The number of fused-ring (bicyclic) bond motifs is 1. The van der Waals surface area contributed by atoms with Crippen LogP contribution in [0.25, 0.3) is 10.9 Å². The van der Waals surface area contributed by atoms with Crippen LogP contribution in [0, 0.1) is 0 Å². The molecule has 0 saturated heterocycles. The third-order valence-electron chi connectivity index (χ3n) is 3.83. The minimum atomic E-state index is 0.589. The van der Waals surface area contributed by atoms with E-state index in [-0.39, 0.29) is 0 Å². The lowest BCUT2D eigenvalue weighted by Crippen LogP contribution is -1.98. The van der Waals surface area contributed by atoms with Crippen molar-refractivity contribution in [3.05, 3.63) is 53.2 Å².